The largest absolute Gasteiger partial charge is 0.463 e. The minimum atomic E-state index is -0.451. The molecule has 0 aliphatic rings. The summed E-state index contributed by atoms with van der Waals surface area (Å²) in [5, 5.41) is 3.35. The molecule has 0 spiro atoms. The molecule has 1 aromatic rings. The summed E-state index contributed by atoms with van der Waals surface area (Å²) in [7, 11) is 0. The first kappa shape index (κ1) is 7.53. The van der Waals surface area contributed by atoms with Crippen molar-refractivity contribution < 1.29 is 14.0 Å². The number of hydrogen-bond acceptors (Lipinski definition) is 4. The Bertz CT molecular complexity index is 251. The third kappa shape index (κ3) is 2.66. The van der Waals surface area contributed by atoms with E-state index in [2.05, 4.69) is 9.99 Å². The molecule has 11 heavy (non-hydrogen) atoms. The highest BCUT2D eigenvalue weighted by atomic mass is 16.7. The van der Waals surface area contributed by atoms with Crippen LogP contribution in [0.15, 0.2) is 28.0 Å². The molecule has 1 aromatic heterocycles. The maximum Gasteiger partial charge on any atom is 0.331 e. The number of oxime groups is 1. The molecule has 0 saturated heterocycles. The summed E-state index contributed by atoms with van der Waals surface area (Å²) in [6.07, 6.45) is 2.83. The molecule has 0 radical (unpaired) electrons. The van der Waals surface area contributed by atoms with Gasteiger partial charge in [-0.25, -0.2) is 4.79 Å². The summed E-state index contributed by atoms with van der Waals surface area (Å²) in [4.78, 5) is 14.5. The second-order valence-electron chi connectivity index (χ2n) is 1.83. The molecule has 0 aliphatic heterocycles. The Hall–Kier alpha value is -1.58. The van der Waals surface area contributed by atoms with E-state index in [1.54, 1.807) is 12.1 Å². The topological polar surface area (TPSA) is 51.8 Å². The van der Waals surface area contributed by atoms with Gasteiger partial charge in [0.25, 0.3) is 0 Å². The minimum absolute atomic E-state index is 0.451. The molecular formula is C7H7NO3. The molecule has 4 heteroatoms. The van der Waals surface area contributed by atoms with Crippen LogP contribution in [0.1, 0.15) is 12.7 Å². The monoisotopic (exact) mass is 153 g/mol. The fraction of sp³-hybridized carbons (Fsp3) is 0.143. The fourth-order valence-electron chi connectivity index (χ4n) is 0.517. The molecule has 0 aromatic carbocycles. The van der Waals surface area contributed by atoms with Crippen molar-refractivity contribution in [2.75, 3.05) is 0 Å². The van der Waals surface area contributed by atoms with Gasteiger partial charge < -0.3 is 9.25 Å². The second-order valence-corrected chi connectivity index (χ2v) is 1.83. The second kappa shape index (κ2) is 3.55. The van der Waals surface area contributed by atoms with Gasteiger partial charge in [-0.1, -0.05) is 5.16 Å². The first-order valence-corrected chi connectivity index (χ1v) is 3.03. The lowest BCUT2D eigenvalue weighted by molar-refractivity contribution is -0.140. The van der Waals surface area contributed by atoms with Crippen molar-refractivity contribution in [1.82, 2.24) is 0 Å². The lowest BCUT2D eigenvalue weighted by atomic mass is 10.5. The number of carbonyl (C=O) groups is 1. The summed E-state index contributed by atoms with van der Waals surface area (Å²) < 4.78 is 4.87. The number of carbonyl (C=O) groups excluding carboxylic acids is 1. The summed E-state index contributed by atoms with van der Waals surface area (Å²) >= 11 is 0. The van der Waals surface area contributed by atoms with Crippen molar-refractivity contribution in [3.8, 4) is 0 Å². The summed E-state index contributed by atoms with van der Waals surface area (Å²) in [6.45, 7) is 1.28. The Morgan fingerprint density at radius 1 is 1.82 bits per heavy atom. The van der Waals surface area contributed by atoms with Gasteiger partial charge in [-0.2, -0.15) is 0 Å². The zero-order valence-electron chi connectivity index (χ0n) is 5.98. The highest BCUT2D eigenvalue weighted by Gasteiger charge is 1.89. The van der Waals surface area contributed by atoms with Crippen LogP contribution in [-0.2, 0) is 9.63 Å². The molecule has 0 saturated carbocycles. The Balaban J connectivity index is 2.43. The van der Waals surface area contributed by atoms with Gasteiger partial charge in [-0.3, -0.25) is 0 Å². The normalized spacial score (nSPS) is 10.3. The van der Waals surface area contributed by atoms with Gasteiger partial charge in [-0.05, 0) is 12.1 Å². The average Bonchev–Trinajstić information content (AvgIpc) is 2.39. The lowest BCUT2D eigenvalue weighted by Crippen LogP contribution is -1.90. The third-order valence-electron chi connectivity index (χ3n) is 0.904. The zero-order chi connectivity index (χ0) is 8.10. The van der Waals surface area contributed by atoms with E-state index in [-0.39, 0.29) is 0 Å². The Labute approximate surface area is 63.4 Å². The van der Waals surface area contributed by atoms with Crippen LogP contribution in [0.3, 0.4) is 0 Å². The van der Waals surface area contributed by atoms with E-state index in [9.17, 15) is 4.79 Å². The zero-order valence-corrected chi connectivity index (χ0v) is 5.98. The van der Waals surface area contributed by atoms with Gasteiger partial charge in [-0.15, -0.1) is 0 Å². The van der Waals surface area contributed by atoms with Crippen molar-refractivity contribution >= 4 is 12.2 Å². The summed E-state index contributed by atoms with van der Waals surface area (Å²) in [5.74, 6) is 0.0963. The maximum atomic E-state index is 10.2. The summed E-state index contributed by atoms with van der Waals surface area (Å²) in [5.41, 5.74) is 0. The molecule has 0 N–H and O–H groups in total. The highest BCUT2D eigenvalue weighted by molar-refractivity contribution is 5.76. The SMILES string of the molecule is CC(=O)O/N=C/c1ccco1. The van der Waals surface area contributed by atoms with E-state index in [1.165, 1.54) is 19.4 Å². The van der Waals surface area contributed by atoms with Gasteiger partial charge in [0, 0.05) is 6.92 Å². The molecule has 0 bridgehead atoms. The van der Waals surface area contributed by atoms with E-state index in [1.807, 2.05) is 0 Å². The molecule has 1 heterocycles. The molecule has 0 atom stereocenters. The predicted molar refractivity (Wildman–Crippen MR) is 38.1 cm³/mol. The van der Waals surface area contributed by atoms with Crippen LogP contribution in [0.25, 0.3) is 0 Å². The molecule has 0 unspecified atom stereocenters. The van der Waals surface area contributed by atoms with Crippen molar-refractivity contribution in [1.29, 1.82) is 0 Å². The van der Waals surface area contributed by atoms with Gasteiger partial charge in [0.2, 0.25) is 0 Å². The van der Waals surface area contributed by atoms with Crippen molar-refractivity contribution in [2.24, 2.45) is 5.16 Å². The quantitative estimate of drug-likeness (QED) is 0.364. The Kier molecular flexibility index (Phi) is 2.43. The molecule has 0 aliphatic carbocycles. The van der Waals surface area contributed by atoms with Crippen LogP contribution in [0.5, 0.6) is 0 Å². The Morgan fingerprint density at radius 3 is 3.18 bits per heavy atom. The van der Waals surface area contributed by atoms with E-state index in [0.29, 0.717) is 5.76 Å². The molecule has 0 fully saturated rings. The number of hydrogen-bond donors (Lipinski definition) is 0. The predicted octanol–water partition coefficient (Wildman–Crippen LogP) is 1.18. The number of nitrogens with zero attached hydrogens (tertiary/aromatic N) is 1. The molecule has 0 amide bonds. The van der Waals surface area contributed by atoms with Crippen molar-refractivity contribution in [3.05, 3.63) is 24.2 Å². The third-order valence-corrected chi connectivity index (χ3v) is 0.904. The van der Waals surface area contributed by atoms with Gasteiger partial charge in [0.05, 0.1) is 6.26 Å². The summed E-state index contributed by atoms with van der Waals surface area (Å²) in [6, 6.07) is 3.42. The highest BCUT2D eigenvalue weighted by Crippen LogP contribution is 1.95. The first-order chi connectivity index (χ1) is 5.29. The van der Waals surface area contributed by atoms with Crippen LogP contribution in [0.4, 0.5) is 0 Å². The molecule has 4 nitrogen and oxygen atoms in total. The van der Waals surface area contributed by atoms with E-state index in [0.717, 1.165) is 0 Å². The van der Waals surface area contributed by atoms with Crippen molar-refractivity contribution in [2.45, 2.75) is 6.92 Å². The molecule has 58 valence electrons. The van der Waals surface area contributed by atoms with E-state index < -0.39 is 5.97 Å². The lowest BCUT2D eigenvalue weighted by Gasteiger charge is -1.85. The fourth-order valence-corrected chi connectivity index (χ4v) is 0.517. The van der Waals surface area contributed by atoms with Gasteiger partial charge in [0.15, 0.2) is 0 Å². The minimum Gasteiger partial charge on any atom is -0.463 e. The number of furan rings is 1. The maximum absolute atomic E-state index is 10.2. The average molecular weight is 153 g/mol. The Morgan fingerprint density at radius 2 is 2.64 bits per heavy atom. The van der Waals surface area contributed by atoms with Crippen LogP contribution < -0.4 is 0 Å². The number of rotatable bonds is 2. The van der Waals surface area contributed by atoms with Crippen LogP contribution in [-0.4, -0.2) is 12.2 Å². The standard InChI is InChI=1S/C7H7NO3/c1-6(9)11-8-5-7-3-2-4-10-7/h2-5H,1H3/b8-5+. The van der Waals surface area contributed by atoms with Gasteiger partial charge in [0.1, 0.15) is 12.0 Å². The van der Waals surface area contributed by atoms with Crippen molar-refractivity contribution in [3.63, 3.8) is 0 Å². The first-order valence-electron chi connectivity index (χ1n) is 3.03. The van der Waals surface area contributed by atoms with Crippen LogP contribution in [0, 0.1) is 0 Å². The molecule has 1 rings (SSSR count). The van der Waals surface area contributed by atoms with Crippen LogP contribution in [0.2, 0.25) is 0 Å². The smallest absolute Gasteiger partial charge is 0.331 e. The van der Waals surface area contributed by atoms with Gasteiger partial charge >= 0.3 is 5.97 Å². The van der Waals surface area contributed by atoms with E-state index >= 15 is 0 Å². The van der Waals surface area contributed by atoms with E-state index in [4.69, 9.17) is 4.42 Å². The van der Waals surface area contributed by atoms with Crippen LogP contribution >= 0.6 is 0 Å². The molecular weight excluding hydrogens is 146 g/mol.